The maximum Gasteiger partial charge on any atom is 0.344 e. The lowest BCUT2D eigenvalue weighted by Gasteiger charge is -2.15. The first-order valence-corrected chi connectivity index (χ1v) is 9.92. The molecule has 0 aliphatic rings. The molecular formula is C20H21Cl3N2O4. The number of rotatable bonds is 7. The number of carbonyl (C=O) groups excluding carboxylic acids is 2. The zero-order valence-electron chi connectivity index (χ0n) is 16.4. The van der Waals surface area contributed by atoms with E-state index < -0.39 is 18.5 Å². The van der Waals surface area contributed by atoms with Gasteiger partial charge in [0.05, 0.1) is 15.7 Å². The van der Waals surface area contributed by atoms with Gasteiger partial charge in [-0.25, -0.2) is 9.78 Å². The quantitative estimate of drug-likeness (QED) is 0.565. The highest BCUT2D eigenvalue weighted by Crippen LogP contribution is 2.32. The molecule has 0 saturated heterocycles. The van der Waals surface area contributed by atoms with Gasteiger partial charge in [0.1, 0.15) is 5.75 Å². The molecule has 2 aromatic rings. The highest BCUT2D eigenvalue weighted by atomic mass is 35.5. The Balaban J connectivity index is 1.90. The minimum atomic E-state index is -0.686. The number of halogens is 3. The van der Waals surface area contributed by atoms with Crippen molar-refractivity contribution in [3.8, 4) is 5.75 Å². The number of hydrogen-bond donors (Lipinski definition) is 1. The number of aryl methyl sites for hydroxylation is 2. The third-order valence-electron chi connectivity index (χ3n) is 3.99. The van der Waals surface area contributed by atoms with Gasteiger partial charge in [-0.15, -0.1) is 0 Å². The van der Waals surface area contributed by atoms with Crippen molar-refractivity contribution >= 4 is 52.5 Å². The average Bonchev–Trinajstić information content (AvgIpc) is 2.64. The van der Waals surface area contributed by atoms with E-state index in [2.05, 4.69) is 10.3 Å². The number of aromatic nitrogens is 1. The van der Waals surface area contributed by atoms with Crippen LogP contribution in [0.5, 0.6) is 5.75 Å². The van der Waals surface area contributed by atoms with Crippen molar-refractivity contribution in [2.24, 2.45) is 0 Å². The van der Waals surface area contributed by atoms with Crippen LogP contribution in [0.2, 0.25) is 15.1 Å². The van der Waals surface area contributed by atoms with E-state index in [1.54, 1.807) is 13.0 Å². The zero-order valence-corrected chi connectivity index (χ0v) is 18.7. The van der Waals surface area contributed by atoms with Gasteiger partial charge in [0.15, 0.2) is 19.0 Å². The first kappa shape index (κ1) is 23.3. The molecule has 0 radical (unpaired) electrons. The molecule has 156 valence electrons. The average molecular weight is 460 g/mol. The monoisotopic (exact) mass is 458 g/mol. The molecule has 0 aliphatic heterocycles. The molecule has 1 aromatic heterocycles. The van der Waals surface area contributed by atoms with E-state index in [4.69, 9.17) is 44.3 Å². The zero-order chi connectivity index (χ0) is 21.7. The number of amides is 1. The smallest absolute Gasteiger partial charge is 0.344 e. The van der Waals surface area contributed by atoms with E-state index in [0.717, 1.165) is 11.1 Å². The van der Waals surface area contributed by atoms with E-state index in [1.807, 2.05) is 26.8 Å². The van der Waals surface area contributed by atoms with Crippen LogP contribution in [0.3, 0.4) is 0 Å². The summed E-state index contributed by atoms with van der Waals surface area (Å²) in [6, 6.07) is 5.07. The predicted molar refractivity (Wildman–Crippen MR) is 114 cm³/mol. The number of pyridine rings is 1. The van der Waals surface area contributed by atoms with Crippen molar-refractivity contribution in [3.63, 3.8) is 0 Å². The first-order valence-electron chi connectivity index (χ1n) is 8.79. The van der Waals surface area contributed by atoms with Crippen LogP contribution in [0, 0.1) is 13.8 Å². The summed E-state index contributed by atoms with van der Waals surface area (Å²) in [5.41, 5.74) is 2.22. The Morgan fingerprint density at radius 3 is 2.38 bits per heavy atom. The van der Waals surface area contributed by atoms with E-state index in [0.29, 0.717) is 21.5 Å². The molecule has 0 spiro atoms. The van der Waals surface area contributed by atoms with E-state index >= 15 is 0 Å². The van der Waals surface area contributed by atoms with Crippen LogP contribution in [0.1, 0.15) is 36.6 Å². The van der Waals surface area contributed by atoms with Crippen LogP contribution in [0.25, 0.3) is 0 Å². The Hall–Kier alpha value is -2.02. The van der Waals surface area contributed by atoms with Crippen molar-refractivity contribution in [1.82, 2.24) is 4.98 Å². The number of esters is 1. The predicted octanol–water partition coefficient (Wildman–Crippen LogP) is 5.34. The number of benzene rings is 1. The van der Waals surface area contributed by atoms with Gasteiger partial charge in [-0.1, -0.05) is 48.7 Å². The molecule has 29 heavy (non-hydrogen) atoms. The molecule has 0 unspecified atom stereocenters. The molecule has 0 bridgehead atoms. The summed E-state index contributed by atoms with van der Waals surface area (Å²) in [4.78, 5) is 28.0. The highest BCUT2D eigenvalue weighted by molar-refractivity contribution is 6.36. The fourth-order valence-corrected chi connectivity index (χ4v) is 2.96. The number of nitrogens with one attached hydrogen (secondary N) is 1. The van der Waals surface area contributed by atoms with Crippen LogP contribution < -0.4 is 10.1 Å². The normalized spacial score (nSPS) is 10.8. The number of anilines is 1. The standard InChI is InChI=1S/C20H21Cl3N2O4/c1-10(2)13-6-14(21)11(3)5-17(13)28-9-19(27)29-8-18(26)25-20-16(23)7-15(22)12(4)24-20/h5-7,10H,8-9H2,1-4H3,(H,24,25,26). The summed E-state index contributed by atoms with van der Waals surface area (Å²) in [5, 5.41) is 3.67. The summed E-state index contributed by atoms with van der Waals surface area (Å²) in [6.07, 6.45) is 0. The summed E-state index contributed by atoms with van der Waals surface area (Å²) >= 11 is 18.1. The van der Waals surface area contributed by atoms with E-state index in [-0.39, 0.29) is 23.4 Å². The van der Waals surface area contributed by atoms with Crippen molar-refractivity contribution < 1.29 is 19.1 Å². The molecule has 0 saturated carbocycles. The minimum Gasteiger partial charge on any atom is -0.482 e. The molecule has 1 N–H and O–H groups in total. The molecule has 1 amide bonds. The molecule has 9 heteroatoms. The molecule has 6 nitrogen and oxygen atoms in total. The number of ether oxygens (including phenoxy) is 2. The van der Waals surface area contributed by atoms with Crippen molar-refractivity contribution in [2.45, 2.75) is 33.6 Å². The Kier molecular flexibility index (Phi) is 8.14. The second-order valence-corrected chi connectivity index (χ2v) is 7.90. The topological polar surface area (TPSA) is 77.5 Å². The van der Waals surface area contributed by atoms with E-state index in [1.165, 1.54) is 6.07 Å². The van der Waals surface area contributed by atoms with Crippen LogP contribution in [0.15, 0.2) is 18.2 Å². The van der Waals surface area contributed by atoms with Crippen molar-refractivity contribution in [1.29, 1.82) is 0 Å². The third kappa shape index (κ3) is 6.49. The van der Waals surface area contributed by atoms with Gasteiger partial charge < -0.3 is 14.8 Å². The number of nitrogens with zero attached hydrogens (tertiary/aromatic N) is 1. The maximum absolute atomic E-state index is 12.0. The third-order valence-corrected chi connectivity index (χ3v) is 5.06. The van der Waals surface area contributed by atoms with Crippen LogP contribution in [-0.4, -0.2) is 30.1 Å². The van der Waals surface area contributed by atoms with Gasteiger partial charge in [-0.2, -0.15) is 0 Å². The largest absolute Gasteiger partial charge is 0.482 e. The lowest BCUT2D eigenvalue weighted by atomic mass is 10.0. The van der Waals surface area contributed by atoms with Gasteiger partial charge in [-0.05, 0) is 49.1 Å². The number of hydrogen-bond acceptors (Lipinski definition) is 5. The summed E-state index contributed by atoms with van der Waals surface area (Å²) in [7, 11) is 0. The molecule has 0 atom stereocenters. The molecule has 0 fully saturated rings. The Morgan fingerprint density at radius 2 is 1.72 bits per heavy atom. The molecule has 1 heterocycles. The Morgan fingerprint density at radius 1 is 1.03 bits per heavy atom. The summed E-state index contributed by atoms with van der Waals surface area (Å²) < 4.78 is 10.5. The van der Waals surface area contributed by atoms with Crippen LogP contribution >= 0.6 is 34.8 Å². The molecule has 0 aliphatic carbocycles. The SMILES string of the molecule is Cc1cc(OCC(=O)OCC(=O)Nc2nc(C)c(Cl)cc2Cl)c(C(C)C)cc1Cl. The molecule has 2 rings (SSSR count). The Bertz CT molecular complexity index is 932. The van der Waals surface area contributed by atoms with Crippen molar-refractivity contribution in [2.75, 3.05) is 18.5 Å². The summed E-state index contributed by atoms with van der Waals surface area (Å²) in [6.45, 7) is 6.67. The van der Waals surface area contributed by atoms with Crippen LogP contribution in [-0.2, 0) is 14.3 Å². The first-order chi connectivity index (χ1) is 13.6. The van der Waals surface area contributed by atoms with Gasteiger partial charge in [0.2, 0.25) is 0 Å². The Labute approximate surface area is 184 Å². The minimum absolute atomic E-state index is 0.143. The van der Waals surface area contributed by atoms with Gasteiger partial charge >= 0.3 is 5.97 Å². The van der Waals surface area contributed by atoms with Gasteiger partial charge in [0, 0.05) is 5.02 Å². The molecular weight excluding hydrogens is 439 g/mol. The second-order valence-electron chi connectivity index (χ2n) is 6.68. The van der Waals surface area contributed by atoms with Crippen LogP contribution in [0.4, 0.5) is 5.82 Å². The fourth-order valence-electron chi connectivity index (χ4n) is 2.39. The second kappa shape index (κ2) is 10.1. The number of carbonyl (C=O) groups is 2. The van der Waals surface area contributed by atoms with Gasteiger partial charge in [0.25, 0.3) is 5.91 Å². The lowest BCUT2D eigenvalue weighted by Crippen LogP contribution is -2.24. The fraction of sp³-hybridized carbons (Fsp3) is 0.350. The van der Waals surface area contributed by atoms with Gasteiger partial charge in [-0.3, -0.25) is 4.79 Å². The van der Waals surface area contributed by atoms with Crippen molar-refractivity contribution in [3.05, 3.63) is 50.1 Å². The van der Waals surface area contributed by atoms with E-state index in [9.17, 15) is 9.59 Å². The lowest BCUT2D eigenvalue weighted by molar-refractivity contribution is -0.149. The highest BCUT2D eigenvalue weighted by Gasteiger charge is 2.15. The summed E-state index contributed by atoms with van der Waals surface area (Å²) in [5.74, 6) is -0.418. The maximum atomic E-state index is 12.0. The molecule has 1 aromatic carbocycles.